The maximum atomic E-state index is 8.79. The zero-order valence-electron chi connectivity index (χ0n) is 8.44. The highest BCUT2D eigenvalue weighted by molar-refractivity contribution is 5.58. The lowest BCUT2D eigenvalue weighted by atomic mass is 10.3. The van der Waals surface area contributed by atoms with E-state index in [1.165, 1.54) is 0 Å². The summed E-state index contributed by atoms with van der Waals surface area (Å²) in [5.74, 6) is 0.528. The minimum atomic E-state index is 0.0188. The van der Waals surface area contributed by atoms with Crippen molar-refractivity contribution >= 4 is 5.82 Å². The van der Waals surface area contributed by atoms with Crippen molar-refractivity contribution in [3.05, 3.63) is 17.8 Å². The van der Waals surface area contributed by atoms with Gasteiger partial charge in [0.25, 0.3) is 0 Å². The number of anilines is 1. The van der Waals surface area contributed by atoms with Crippen LogP contribution in [0, 0.1) is 6.92 Å². The molecule has 2 heterocycles. The zero-order chi connectivity index (χ0) is 10.8. The molecule has 2 rings (SSSR count). The predicted molar refractivity (Wildman–Crippen MR) is 56.0 cm³/mol. The van der Waals surface area contributed by atoms with Crippen LogP contribution in [0.4, 0.5) is 5.82 Å². The van der Waals surface area contributed by atoms with Gasteiger partial charge in [-0.15, -0.1) is 0 Å². The first-order chi connectivity index (χ1) is 7.20. The summed E-state index contributed by atoms with van der Waals surface area (Å²) in [6, 6.07) is 3.64. The van der Waals surface area contributed by atoms with Gasteiger partial charge in [-0.25, -0.2) is 4.68 Å². The second kappa shape index (κ2) is 3.74. The van der Waals surface area contributed by atoms with E-state index >= 15 is 0 Å². The molecular formula is C9H13N5O. The van der Waals surface area contributed by atoms with Crippen LogP contribution in [0.25, 0.3) is 11.4 Å². The summed E-state index contributed by atoms with van der Waals surface area (Å²) in [4.78, 5) is 0. The van der Waals surface area contributed by atoms with Crippen LogP contribution >= 0.6 is 0 Å². The summed E-state index contributed by atoms with van der Waals surface area (Å²) >= 11 is 0. The molecule has 0 saturated heterocycles. The van der Waals surface area contributed by atoms with Crippen molar-refractivity contribution in [3.63, 3.8) is 0 Å². The Labute approximate surface area is 86.7 Å². The Kier molecular flexibility index (Phi) is 2.42. The van der Waals surface area contributed by atoms with Crippen LogP contribution in [0.2, 0.25) is 0 Å². The number of nitrogen functional groups attached to an aromatic ring is 1. The van der Waals surface area contributed by atoms with Crippen molar-refractivity contribution in [2.45, 2.75) is 13.5 Å². The Morgan fingerprint density at radius 2 is 2.27 bits per heavy atom. The van der Waals surface area contributed by atoms with E-state index in [0.717, 1.165) is 11.4 Å². The van der Waals surface area contributed by atoms with Crippen LogP contribution < -0.4 is 5.73 Å². The molecule has 6 nitrogen and oxygen atoms in total. The second-order valence-electron chi connectivity index (χ2n) is 3.34. The first-order valence-electron chi connectivity index (χ1n) is 4.67. The molecule has 0 aliphatic carbocycles. The number of aryl methyl sites for hydroxylation is 1. The van der Waals surface area contributed by atoms with E-state index in [9.17, 15) is 0 Å². The van der Waals surface area contributed by atoms with Gasteiger partial charge in [0.1, 0.15) is 17.2 Å². The normalized spacial score (nSPS) is 10.8. The Bertz CT molecular complexity index is 459. The van der Waals surface area contributed by atoms with Crippen LogP contribution in [-0.4, -0.2) is 31.7 Å². The van der Waals surface area contributed by atoms with E-state index in [2.05, 4.69) is 15.3 Å². The molecule has 6 heteroatoms. The minimum absolute atomic E-state index is 0.0188. The van der Waals surface area contributed by atoms with Crippen LogP contribution in [-0.2, 0) is 6.54 Å². The number of hydrogen-bond donors (Lipinski definition) is 3. The molecule has 0 aliphatic heterocycles. The topological polar surface area (TPSA) is 92.8 Å². The highest BCUT2D eigenvalue weighted by Crippen LogP contribution is 2.18. The number of hydrogen-bond acceptors (Lipinski definition) is 4. The summed E-state index contributed by atoms with van der Waals surface area (Å²) in [6.07, 6.45) is 0. The van der Waals surface area contributed by atoms with E-state index in [4.69, 9.17) is 10.8 Å². The minimum Gasteiger partial charge on any atom is -0.394 e. The van der Waals surface area contributed by atoms with Gasteiger partial charge in [0.2, 0.25) is 0 Å². The number of aliphatic hydroxyl groups is 1. The van der Waals surface area contributed by atoms with Crippen LogP contribution in [0.3, 0.4) is 0 Å². The molecule has 80 valence electrons. The standard InChI is InChI=1S/C9H13N5O/c1-6-4-7(12-11-6)8-5-9(10)14(13-8)2-3-15/h4-5,15H,2-3,10H2,1H3,(H,11,12). The van der Waals surface area contributed by atoms with Crippen molar-refractivity contribution < 1.29 is 5.11 Å². The largest absolute Gasteiger partial charge is 0.394 e. The van der Waals surface area contributed by atoms with Crippen molar-refractivity contribution in [1.29, 1.82) is 0 Å². The SMILES string of the molecule is Cc1cc(-c2cc(N)n(CCO)n2)n[nH]1. The molecule has 0 spiro atoms. The first kappa shape index (κ1) is 9.72. The zero-order valence-corrected chi connectivity index (χ0v) is 8.44. The molecule has 15 heavy (non-hydrogen) atoms. The molecule has 0 saturated carbocycles. The van der Waals surface area contributed by atoms with Gasteiger partial charge in [-0.1, -0.05) is 0 Å². The summed E-state index contributed by atoms with van der Waals surface area (Å²) < 4.78 is 1.55. The lowest BCUT2D eigenvalue weighted by Crippen LogP contribution is -2.07. The molecular weight excluding hydrogens is 194 g/mol. The smallest absolute Gasteiger partial charge is 0.122 e. The summed E-state index contributed by atoms with van der Waals surface area (Å²) in [5, 5.41) is 19.9. The summed E-state index contributed by atoms with van der Waals surface area (Å²) in [5.41, 5.74) is 8.17. The molecule has 2 aromatic rings. The molecule has 0 amide bonds. The van der Waals surface area contributed by atoms with E-state index in [0.29, 0.717) is 18.1 Å². The van der Waals surface area contributed by atoms with Gasteiger partial charge in [0.15, 0.2) is 0 Å². The Morgan fingerprint density at radius 1 is 1.47 bits per heavy atom. The Hall–Kier alpha value is -1.82. The quantitative estimate of drug-likeness (QED) is 0.668. The fourth-order valence-electron chi connectivity index (χ4n) is 1.38. The molecule has 0 aromatic carbocycles. The van der Waals surface area contributed by atoms with Gasteiger partial charge < -0.3 is 10.8 Å². The monoisotopic (exact) mass is 207 g/mol. The Morgan fingerprint density at radius 3 is 2.87 bits per heavy atom. The first-order valence-corrected chi connectivity index (χ1v) is 4.67. The number of aromatic nitrogens is 4. The number of nitrogens with one attached hydrogen (secondary N) is 1. The molecule has 0 fully saturated rings. The van der Waals surface area contributed by atoms with Gasteiger partial charge in [0, 0.05) is 11.8 Å². The maximum Gasteiger partial charge on any atom is 0.122 e. The van der Waals surface area contributed by atoms with E-state index < -0.39 is 0 Å². The molecule has 0 bridgehead atoms. The number of nitrogens with two attached hydrogens (primary N) is 1. The number of aromatic amines is 1. The van der Waals surface area contributed by atoms with Gasteiger partial charge in [-0.2, -0.15) is 10.2 Å². The second-order valence-corrected chi connectivity index (χ2v) is 3.34. The van der Waals surface area contributed by atoms with E-state index in [1.807, 2.05) is 13.0 Å². The highest BCUT2D eigenvalue weighted by Gasteiger charge is 2.08. The molecule has 0 atom stereocenters. The van der Waals surface area contributed by atoms with E-state index in [1.54, 1.807) is 10.7 Å². The third kappa shape index (κ3) is 1.84. The number of rotatable bonds is 3. The van der Waals surface area contributed by atoms with Gasteiger partial charge in [-0.05, 0) is 13.0 Å². The third-order valence-electron chi connectivity index (χ3n) is 2.09. The van der Waals surface area contributed by atoms with Crippen LogP contribution in [0.15, 0.2) is 12.1 Å². The van der Waals surface area contributed by atoms with Crippen molar-refractivity contribution in [2.24, 2.45) is 0 Å². The fourth-order valence-corrected chi connectivity index (χ4v) is 1.38. The lowest BCUT2D eigenvalue weighted by molar-refractivity contribution is 0.270. The molecule has 0 unspecified atom stereocenters. The van der Waals surface area contributed by atoms with Gasteiger partial charge in [-0.3, -0.25) is 5.10 Å². The number of nitrogens with zero attached hydrogens (tertiary/aromatic N) is 3. The highest BCUT2D eigenvalue weighted by atomic mass is 16.3. The van der Waals surface area contributed by atoms with Crippen LogP contribution in [0.1, 0.15) is 5.69 Å². The average Bonchev–Trinajstić information content (AvgIpc) is 2.75. The van der Waals surface area contributed by atoms with Gasteiger partial charge >= 0.3 is 0 Å². The molecule has 0 aliphatic rings. The lowest BCUT2D eigenvalue weighted by Gasteiger charge is -1.98. The third-order valence-corrected chi connectivity index (χ3v) is 2.09. The predicted octanol–water partition coefficient (Wildman–Crippen LogP) is 0.156. The van der Waals surface area contributed by atoms with Crippen molar-refractivity contribution in [3.8, 4) is 11.4 Å². The Balaban J connectivity index is 2.33. The van der Waals surface area contributed by atoms with Crippen molar-refractivity contribution in [2.75, 3.05) is 12.3 Å². The van der Waals surface area contributed by atoms with Gasteiger partial charge in [0.05, 0.1) is 13.2 Å². The summed E-state index contributed by atoms with van der Waals surface area (Å²) in [7, 11) is 0. The molecule has 4 N–H and O–H groups in total. The number of aliphatic hydroxyl groups excluding tert-OH is 1. The molecule has 2 aromatic heterocycles. The summed E-state index contributed by atoms with van der Waals surface area (Å²) in [6.45, 7) is 2.34. The van der Waals surface area contributed by atoms with Crippen LogP contribution in [0.5, 0.6) is 0 Å². The molecule has 0 radical (unpaired) electrons. The van der Waals surface area contributed by atoms with E-state index in [-0.39, 0.29) is 6.61 Å². The fraction of sp³-hybridized carbons (Fsp3) is 0.333. The van der Waals surface area contributed by atoms with Crippen molar-refractivity contribution in [1.82, 2.24) is 20.0 Å². The maximum absolute atomic E-state index is 8.79. The average molecular weight is 207 g/mol. The number of H-pyrrole nitrogens is 1.